The predicted octanol–water partition coefficient (Wildman–Crippen LogP) is 3.57. The third-order valence-electron chi connectivity index (χ3n) is 5.06. The molecule has 2 rings (SSSR count). The van der Waals surface area contributed by atoms with E-state index in [9.17, 15) is 29.4 Å². The van der Waals surface area contributed by atoms with Crippen molar-refractivity contribution >= 4 is 23.9 Å². The molecule has 3 atom stereocenters. The first-order valence-corrected chi connectivity index (χ1v) is 11.0. The Morgan fingerprint density at radius 3 is 2.08 bits per heavy atom. The number of aromatic carboxylic acids is 1. The summed E-state index contributed by atoms with van der Waals surface area (Å²) in [6, 6.07) is 12.5. The summed E-state index contributed by atoms with van der Waals surface area (Å²) in [5.74, 6) is -3.44. The van der Waals surface area contributed by atoms with Crippen LogP contribution in [0.1, 0.15) is 41.0 Å². The molecule has 0 amide bonds. The van der Waals surface area contributed by atoms with Gasteiger partial charge in [-0.3, -0.25) is 0 Å². The number of esters is 3. The van der Waals surface area contributed by atoms with Gasteiger partial charge in [-0.25, -0.2) is 19.2 Å². The smallest absolute Gasteiger partial charge is 0.338 e. The van der Waals surface area contributed by atoms with Crippen LogP contribution in [0.2, 0.25) is 0 Å². The van der Waals surface area contributed by atoms with Crippen LogP contribution in [0, 0.1) is 0 Å². The van der Waals surface area contributed by atoms with Gasteiger partial charge in [0.2, 0.25) is 0 Å². The van der Waals surface area contributed by atoms with Crippen LogP contribution in [-0.4, -0.2) is 59.0 Å². The molecule has 0 heterocycles. The lowest BCUT2D eigenvalue weighted by molar-refractivity contribution is -0.157. The van der Waals surface area contributed by atoms with Gasteiger partial charge in [0.15, 0.2) is 0 Å². The van der Waals surface area contributed by atoms with Gasteiger partial charge in [0.25, 0.3) is 0 Å². The summed E-state index contributed by atoms with van der Waals surface area (Å²) in [7, 11) is 0. The number of carbonyl (C=O) groups is 4. The Bertz CT molecular complexity index is 1150. The molecule has 9 heteroatoms. The molecule has 2 aromatic rings. The van der Waals surface area contributed by atoms with E-state index in [1.807, 2.05) is 0 Å². The van der Waals surface area contributed by atoms with Crippen LogP contribution in [-0.2, 0) is 23.8 Å². The molecule has 0 aliphatic rings. The maximum absolute atomic E-state index is 12.9. The molecule has 0 aromatic heterocycles. The van der Waals surface area contributed by atoms with Crippen molar-refractivity contribution in [3.63, 3.8) is 0 Å². The van der Waals surface area contributed by atoms with Crippen molar-refractivity contribution in [2.45, 2.75) is 38.6 Å². The van der Waals surface area contributed by atoms with Gasteiger partial charge < -0.3 is 24.4 Å². The summed E-state index contributed by atoms with van der Waals surface area (Å²) < 4.78 is 15.6. The molecule has 0 spiro atoms. The third-order valence-corrected chi connectivity index (χ3v) is 5.06. The van der Waals surface area contributed by atoms with Gasteiger partial charge in [-0.15, -0.1) is 0 Å². The second-order valence-electron chi connectivity index (χ2n) is 7.97. The lowest BCUT2D eigenvalue weighted by Crippen LogP contribution is -2.38. The summed E-state index contributed by atoms with van der Waals surface area (Å²) in [5.41, 5.74) is 0.843. The zero-order valence-corrected chi connectivity index (χ0v) is 20.0. The van der Waals surface area contributed by atoms with Crippen LogP contribution < -0.4 is 0 Å². The molecule has 9 nitrogen and oxygen atoms in total. The van der Waals surface area contributed by atoms with Crippen LogP contribution >= 0.6 is 0 Å². The molecule has 0 saturated carbocycles. The fourth-order valence-electron chi connectivity index (χ4n) is 3.29. The molecular formula is C27H28O9. The third kappa shape index (κ3) is 7.64. The Morgan fingerprint density at radius 2 is 1.53 bits per heavy atom. The maximum Gasteiger partial charge on any atom is 0.338 e. The van der Waals surface area contributed by atoms with E-state index < -0.39 is 48.8 Å². The first-order chi connectivity index (χ1) is 17.0. The average molecular weight is 497 g/mol. The van der Waals surface area contributed by atoms with Gasteiger partial charge in [0.1, 0.15) is 24.9 Å². The molecule has 0 radical (unpaired) electrons. The summed E-state index contributed by atoms with van der Waals surface area (Å²) in [4.78, 5) is 48.1. The number of hydrogen-bond acceptors (Lipinski definition) is 8. The van der Waals surface area contributed by atoms with E-state index in [2.05, 4.69) is 13.2 Å². The van der Waals surface area contributed by atoms with Gasteiger partial charge in [-0.1, -0.05) is 49.6 Å². The normalized spacial score (nSPS) is 13.0. The van der Waals surface area contributed by atoms with E-state index in [1.54, 1.807) is 36.4 Å². The van der Waals surface area contributed by atoms with Crippen LogP contribution in [0.5, 0.6) is 0 Å². The van der Waals surface area contributed by atoms with Gasteiger partial charge >= 0.3 is 23.9 Å². The quantitative estimate of drug-likeness (QED) is 0.257. The highest BCUT2D eigenvalue weighted by molar-refractivity contribution is 6.02. The average Bonchev–Trinajstić information content (AvgIpc) is 2.86. The van der Waals surface area contributed by atoms with Crippen molar-refractivity contribution in [3.8, 4) is 11.1 Å². The Kier molecular flexibility index (Phi) is 10.1. The maximum atomic E-state index is 12.9. The van der Waals surface area contributed by atoms with Gasteiger partial charge in [0, 0.05) is 18.1 Å². The first-order valence-electron chi connectivity index (χ1n) is 11.0. The van der Waals surface area contributed by atoms with E-state index in [-0.39, 0.29) is 23.1 Å². The number of aliphatic hydroxyl groups is 1. The number of carbonyl (C=O) groups excluding carboxylic acids is 3. The van der Waals surface area contributed by atoms with E-state index in [0.29, 0.717) is 11.1 Å². The van der Waals surface area contributed by atoms with Crippen molar-refractivity contribution in [3.05, 3.63) is 84.5 Å². The van der Waals surface area contributed by atoms with E-state index in [4.69, 9.17) is 14.2 Å². The second kappa shape index (κ2) is 13.0. The van der Waals surface area contributed by atoms with Crippen LogP contribution in [0.15, 0.2) is 73.3 Å². The van der Waals surface area contributed by atoms with Crippen molar-refractivity contribution in [1.29, 1.82) is 0 Å². The molecule has 2 aromatic carbocycles. The molecule has 190 valence electrons. The molecule has 0 bridgehead atoms. The molecule has 3 unspecified atom stereocenters. The second-order valence-corrected chi connectivity index (χ2v) is 7.97. The number of aliphatic hydroxyl groups excluding tert-OH is 1. The van der Waals surface area contributed by atoms with Crippen LogP contribution in [0.3, 0.4) is 0 Å². The minimum absolute atomic E-state index is 0.00705. The highest BCUT2D eigenvalue weighted by atomic mass is 16.6. The lowest BCUT2D eigenvalue weighted by Gasteiger charge is -2.25. The monoisotopic (exact) mass is 496 g/mol. The minimum Gasteiger partial charge on any atom is -0.478 e. The summed E-state index contributed by atoms with van der Waals surface area (Å²) in [5, 5.41) is 20.2. The minimum atomic E-state index is -1.46. The number of ether oxygens (including phenoxy) is 3. The van der Waals surface area contributed by atoms with Gasteiger partial charge in [-0.2, -0.15) is 0 Å². The molecule has 0 aliphatic carbocycles. The van der Waals surface area contributed by atoms with Crippen LogP contribution in [0.4, 0.5) is 0 Å². The van der Waals surface area contributed by atoms with Gasteiger partial charge in [-0.05, 0) is 37.1 Å². The largest absolute Gasteiger partial charge is 0.478 e. The molecule has 0 saturated heterocycles. The molecule has 0 aliphatic heterocycles. The fraction of sp³-hybridized carbons (Fsp3) is 0.259. The van der Waals surface area contributed by atoms with Crippen molar-refractivity contribution < 1.29 is 43.6 Å². The Morgan fingerprint density at radius 1 is 0.972 bits per heavy atom. The highest BCUT2D eigenvalue weighted by Crippen LogP contribution is 2.28. The van der Waals surface area contributed by atoms with E-state index in [0.717, 1.165) is 6.08 Å². The molecule has 0 fully saturated rings. The number of benzene rings is 2. The van der Waals surface area contributed by atoms with E-state index in [1.165, 1.54) is 26.0 Å². The number of hydrogen-bond donors (Lipinski definition) is 2. The Labute approximate surface area is 208 Å². The molecular weight excluding hydrogens is 468 g/mol. The van der Waals surface area contributed by atoms with Crippen molar-refractivity contribution in [1.82, 2.24) is 0 Å². The predicted molar refractivity (Wildman–Crippen MR) is 130 cm³/mol. The Balaban J connectivity index is 2.21. The Hall–Kier alpha value is -4.24. The van der Waals surface area contributed by atoms with Crippen molar-refractivity contribution in [2.75, 3.05) is 6.61 Å². The summed E-state index contributed by atoms with van der Waals surface area (Å²) in [6.07, 6.45) is -2.50. The van der Waals surface area contributed by atoms with Crippen LogP contribution in [0.25, 0.3) is 11.1 Å². The molecule has 2 N–H and O–H groups in total. The van der Waals surface area contributed by atoms with Crippen molar-refractivity contribution in [2.24, 2.45) is 0 Å². The fourth-order valence-corrected chi connectivity index (χ4v) is 3.29. The zero-order chi connectivity index (χ0) is 26.8. The standard InChI is InChI=1S/C27H28O9/c1-5-24(29)35-17(4)14-23(36-26(32)16(2)3)22(28)15-34-27(33)21-13-9-7-11-19(21)18-10-6-8-12-20(18)25(30)31/h5-13,17,22-23,28H,1-2,14-15H2,3-4H3,(H,30,31). The zero-order valence-electron chi connectivity index (χ0n) is 20.0. The lowest BCUT2D eigenvalue weighted by atomic mass is 9.95. The molecule has 36 heavy (non-hydrogen) atoms. The SMILES string of the molecule is C=CC(=O)OC(C)CC(OC(=O)C(=C)C)C(O)COC(=O)c1ccccc1-c1ccccc1C(=O)O. The number of carboxylic acid groups (broad SMARTS) is 1. The number of carboxylic acids is 1. The first kappa shape index (κ1) is 28.0. The van der Waals surface area contributed by atoms with E-state index >= 15 is 0 Å². The summed E-state index contributed by atoms with van der Waals surface area (Å²) in [6.45, 7) is 9.23. The highest BCUT2D eigenvalue weighted by Gasteiger charge is 2.29. The van der Waals surface area contributed by atoms with Gasteiger partial charge in [0.05, 0.1) is 11.1 Å². The summed E-state index contributed by atoms with van der Waals surface area (Å²) >= 11 is 0. The number of rotatable bonds is 12. The topological polar surface area (TPSA) is 136 Å².